The van der Waals surface area contributed by atoms with Gasteiger partial charge in [0.15, 0.2) is 28.5 Å². The first-order chi connectivity index (χ1) is 21.4. The van der Waals surface area contributed by atoms with Gasteiger partial charge in [-0.15, -0.1) is 0 Å². The molecule has 2 atom stereocenters. The lowest BCUT2D eigenvalue weighted by Gasteiger charge is -2.43. The average Bonchev–Trinajstić information content (AvgIpc) is 3.01. The predicted molar refractivity (Wildman–Crippen MR) is 162 cm³/mol. The number of anilines is 1. The van der Waals surface area contributed by atoms with E-state index in [0.29, 0.717) is 28.0 Å². The SMILES string of the molecule is COc1cc2nccc(Oc3ccc(C4(C(N)=O)C=C(C(C)C)C(C(N)=O)N(c5ccc(F)cc5)C4=O)cc3F)c2cc1OC. The molecule has 2 unspecified atom stereocenters. The predicted octanol–water partition coefficient (Wildman–Crippen LogP) is 4.53. The van der Waals surface area contributed by atoms with E-state index < -0.39 is 46.7 Å². The second-order valence-electron chi connectivity index (χ2n) is 10.7. The maximum atomic E-state index is 15.8. The molecule has 12 heteroatoms. The molecular weight excluding hydrogens is 586 g/mol. The van der Waals surface area contributed by atoms with Gasteiger partial charge in [0.05, 0.1) is 19.7 Å². The number of carbonyl (C=O) groups is 3. The molecule has 4 aromatic rings. The van der Waals surface area contributed by atoms with Crippen molar-refractivity contribution in [2.24, 2.45) is 17.4 Å². The lowest BCUT2D eigenvalue weighted by Crippen LogP contribution is -2.63. The van der Waals surface area contributed by atoms with Crippen molar-refractivity contribution in [3.63, 3.8) is 0 Å². The minimum atomic E-state index is -2.24. The quantitative estimate of drug-likeness (QED) is 0.208. The Kier molecular flexibility index (Phi) is 8.16. The Morgan fingerprint density at radius 2 is 1.58 bits per heavy atom. The Morgan fingerprint density at radius 1 is 0.911 bits per heavy atom. The number of hydrogen-bond acceptors (Lipinski definition) is 7. The highest BCUT2D eigenvalue weighted by Crippen LogP contribution is 2.42. The van der Waals surface area contributed by atoms with Crippen molar-refractivity contribution in [3.05, 3.63) is 95.7 Å². The Labute approximate surface area is 257 Å². The minimum absolute atomic E-state index is 0.0964. The fraction of sp³-hybridized carbons (Fsp3) is 0.212. The standard InChI is InChI=1S/C33H30F2N4O6/c1-17(2)22-16-33(31(37)41,32(42)39(29(22)30(36)40)20-8-6-19(34)7-9-20)18-5-10-26(23(35)13-18)45-25-11-12-38-24-15-28(44-4)27(43-3)14-21(24)25/h5-17,29H,1-4H3,(H2,36,40)(H2,37,41). The maximum absolute atomic E-state index is 15.8. The zero-order valence-corrected chi connectivity index (χ0v) is 24.8. The van der Waals surface area contributed by atoms with Gasteiger partial charge >= 0.3 is 0 Å². The summed E-state index contributed by atoms with van der Waals surface area (Å²) in [6, 6.07) is 11.9. The van der Waals surface area contributed by atoms with Crippen molar-refractivity contribution < 1.29 is 37.4 Å². The number of nitrogens with zero attached hydrogens (tertiary/aromatic N) is 2. The van der Waals surface area contributed by atoms with Crippen molar-refractivity contribution in [3.8, 4) is 23.0 Å². The van der Waals surface area contributed by atoms with E-state index in [4.69, 9.17) is 25.7 Å². The third-order valence-corrected chi connectivity index (χ3v) is 7.76. The third kappa shape index (κ3) is 5.28. The third-order valence-electron chi connectivity index (χ3n) is 7.76. The summed E-state index contributed by atoms with van der Waals surface area (Å²) in [4.78, 5) is 45.6. The normalized spacial score (nSPS) is 18.1. The summed E-state index contributed by atoms with van der Waals surface area (Å²) >= 11 is 0. The first kappa shape index (κ1) is 30.9. The number of fused-ring (bicyclic) bond motifs is 1. The van der Waals surface area contributed by atoms with Gasteiger partial charge in [-0.2, -0.15) is 0 Å². The molecule has 3 aromatic carbocycles. The molecular formula is C33H30F2N4O6. The zero-order chi connectivity index (χ0) is 32.6. The lowest BCUT2D eigenvalue weighted by atomic mass is 9.71. The first-order valence-corrected chi connectivity index (χ1v) is 13.8. The van der Waals surface area contributed by atoms with Crippen LogP contribution in [0, 0.1) is 17.6 Å². The van der Waals surface area contributed by atoms with Gasteiger partial charge in [0.25, 0.3) is 5.91 Å². The number of nitrogens with two attached hydrogens (primary N) is 2. The molecule has 0 saturated carbocycles. The van der Waals surface area contributed by atoms with Crippen molar-refractivity contribution in [1.82, 2.24) is 4.98 Å². The van der Waals surface area contributed by atoms with Gasteiger partial charge in [-0.25, -0.2) is 8.78 Å². The smallest absolute Gasteiger partial charge is 0.252 e. The minimum Gasteiger partial charge on any atom is -0.493 e. The van der Waals surface area contributed by atoms with Crippen LogP contribution in [0.25, 0.3) is 10.9 Å². The van der Waals surface area contributed by atoms with Gasteiger partial charge < -0.3 is 25.7 Å². The Bertz CT molecular complexity index is 1860. The van der Waals surface area contributed by atoms with E-state index in [-0.39, 0.29) is 22.7 Å². The van der Waals surface area contributed by atoms with Crippen LogP contribution in [0.2, 0.25) is 0 Å². The largest absolute Gasteiger partial charge is 0.493 e. The second kappa shape index (κ2) is 11.9. The second-order valence-corrected chi connectivity index (χ2v) is 10.7. The lowest BCUT2D eigenvalue weighted by molar-refractivity contribution is -0.134. The molecule has 4 N–H and O–H groups in total. The van der Waals surface area contributed by atoms with Crippen molar-refractivity contribution in [2.75, 3.05) is 19.1 Å². The number of halogens is 2. The van der Waals surface area contributed by atoms with Gasteiger partial charge in [0, 0.05) is 23.3 Å². The molecule has 0 saturated heterocycles. The molecule has 1 aromatic heterocycles. The number of aromatic nitrogens is 1. The van der Waals surface area contributed by atoms with Crippen LogP contribution in [0.4, 0.5) is 14.5 Å². The van der Waals surface area contributed by atoms with Gasteiger partial charge in [-0.05, 0) is 65.6 Å². The molecule has 5 rings (SSSR count). The molecule has 45 heavy (non-hydrogen) atoms. The Balaban J connectivity index is 1.64. The van der Waals surface area contributed by atoms with E-state index in [2.05, 4.69) is 4.98 Å². The zero-order valence-electron chi connectivity index (χ0n) is 24.8. The van der Waals surface area contributed by atoms with Gasteiger partial charge in [0.2, 0.25) is 11.8 Å². The van der Waals surface area contributed by atoms with Crippen LogP contribution in [0.3, 0.4) is 0 Å². The first-order valence-electron chi connectivity index (χ1n) is 13.8. The van der Waals surface area contributed by atoms with E-state index in [1.807, 2.05) is 0 Å². The van der Waals surface area contributed by atoms with E-state index in [1.54, 1.807) is 32.0 Å². The van der Waals surface area contributed by atoms with Crippen LogP contribution in [0.15, 0.2) is 78.5 Å². The molecule has 1 aliphatic heterocycles. The number of ether oxygens (including phenoxy) is 3. The van der Waals surface area contributed by atoms with Crippen molar-refractivity contribution in [1.29, 1.82) is 0 Å². The van der Waals surface area contributed by atoms with Crippen LogP contribution in [0.5, 0.6) is 23.0 Å². The Hall–Kier alpha value is -5.52. The van der Waals surface area contributed by atoms with Crippen molar-refractivity contribution in [2.45, 2.75) is 25.3 Å². The molecule has 10 nitrogen and oxygen atoms in total. The highest BCUT2D eigenvalue weighted by atomic mass is 19.1. The topological polar surface area (TPSA) is 147 Å². The number of methoxy groups -OCH3 is 2. The molecule has 0 bridgehead atoms. The number of amides is 3. The highest BCUT2D eigenvalue weighted by molar-refractivity contribution is 6.21. The monoisotopic (exact) mass is 616 g/mol. The summed E-state index contributed by atoms with van der Waals surface area (Å²) in [5.74, 6) is -3.96. The number of rotatable bonds is 9. The molecule has 0 radical (unpaired) electrons. The maximum Gasteiger partial charge on any atom is 0.252 e. The number of benzene rings is 3. The highest BCUT2D eigenvalue weighted by Gasteiger charge is 2.54. The number of pyridine rings is 1. The summed E-state index contributed by atoms with van der Waals surface area (Å²) in [6.45, 7) is 3.49. The summed E-state index contributed by atoms with van der Waals surface area (Å²) in [6.07, 6.45) is 2.76. The van der Waals surface area contributed by atoms with Crippen LogP contribution < -0.4 is 30.6 Å². The van der Waals surface area contributed by atoms with E-state index in [1.165, 1.54) is 50.8 Å². The molecule has 0 fully saturated rings. The Morgan fingerprint density at radius 3 is 2.16 bits per heavy atom. The van der Waals surface area contributed by atoms with E-state index in [0.717, 1.165) is 23.1 Å². The van der Waals surface area contributed by atoms with E-state index in [9.17, 15) is 18.8 Å². The number of primary amides is 2. The van der Waals surface area contributed by atoms with Gasteiger partial charge in [0.1, 0.15) is 17.6 Å². The summed E-state index contributed by atoms with van der Waals surface area (Å²) < 4.78 is 46.3. The molecule has 2 heterocycles. The average molecular weight is 617 g/mol. The van der Waals surface area contributed by atoms with Gasteiger partial charge in [-0.1, -0.05) is 26.0 Å². The number of hydrogen-bond donors (Lipinski definition) is 2. The molecule has 0 aliphatic carbocycles. The molecule has 3 amide bonds. The summed E-state index contributed by atoms with van der Waals surface area (Å²) in [7, 11) is 2.96. The van der Waals surface area contributed by atoms with Crippen LogP contribution >= 0.6 is 0 Å². The van der Waals surface area contributed by atoms with Crippen molar-refractivity contribution >= 4 is 34.3 Å². The molecule has 1 aliphatic rings. The molecule has 232 valence electrons. The molecule has 0 spiro atoms. The van der Waals surface area contributed by atoms with Crippen LogP contribution in [-0.2, 0) is 19.8 Å². The van der Waals surface area contributed by atoms with E-state index >= 15 is 4.39 Å². The van der Waals surface area contributed by atoms with Gasteiger partial charge in [-0.3, -0.25) is 24.3 Å². The van der Waals surface area contributed by atoms with Crippen LogP contribution in [0.1, 0.15) is 19.4 Å². The summed E-state index contributed by atoms with van der Waals surface area (Å²) in [5, 5.41) is 0.506. The van der Waals surface area contributed by atoms with Crippen LogP contribution in [-0.4, -0.2) is 43.0 Å². The fourth-order valence-corrected chi connectivity index (χ4v) is 5.50. The fourth-order valence-electron chi connectivity index (χ4n) is 5.50. The number of carbonyl (C=O) groups excluding carboxylic acids is 3. The summed E-state index contributed by atoms with van der Waals surface area (Å²) in [5.41, 5.74) is 10.2.